The van der Waals surface area contributed by atoms with Crippen LogP contribution in [0.3, 0.4) is 0 Å². The summed E-state index contributed by atoms with van der Waals surface area (Å²) in [5.41, 5.74) is 0.524. The molecule has 0 aliphatic heterocycles. The summed E-state index contributed by atoms with van der Waals surface area (Å²) in [6.07, 6.45) is -1.23. The van der Waals surface area contributed by atoms with Crippen LogP contribution in [0.25, 0.3) is 0 Å². The van der Waals surface area contributed by atoms with Crippen LogP contribution in [0.1, 0.15) is 11.6 Å². The second kappa shape index (κ2) is 4.57. The van der Waals surface area contributed by atoms with Crippen molar-refractivity contribution in [3.8, 4) is 0 Å². The first kappa shape index (κ1) is 10.5. The number of aliphatic hydroxyl groups excluding tert-OH is 1. The van der Waals surface area contributed by atoms with Gasteiger partial charge in [0.1, 0.15) is 5.82 Å². The molecule has 0 aliphatic carbocycles. The smallest absolute Gasteiger partial charge is 0.405 e. The number of rotatable bonds is 3. The van der Waals surface area contributed by atoms with Gasteiger partial charge in [0.25, 0.3) is 0 Å². The lowest BCUT2D eigenvalue weighted by molar-refractivity contribution is 0.177. The first-order chi connectivity index (χ1) is 6.63. The van der Waals surface area contributed by atoms with Crippen LogP contribution >= 0.6 is 0 Å². The van der Waals surface area contributed by atoms with E-state index in [-0.39, 0.29) is 6.61 Å². The minimum Gasteiger partial charge on any atom is -0.465 e. The topological polar surface area (TPSA) is 69.6 Å². The van der Waals surface area contributed by atoms with E-state index in [0.29, 0.717) is 5.56 Å². The maximum atomic E-state index is 12.5. The number of amides is 1. The lowest BCUT2D eigenvalue weighted by Gasteiger charge is -2.13. The Hall–Kier alpha value is -1.62. The van der Waals surface area contributed by atoms with E-state index < -0.39 is 18.0 Å². The molecule has 5 heteroatoms. The van der Waals surface area contributed by atoms with Crippen LogP contribution in [0.2, 0.25) is 0 Å². The second-order valence-electron chi connectivity index (χ2n) is 2.74. The standard InChI is InChI=1S/C9H10FNO3/c10-7-3-1-6(2-4-7)8(5-12)11-9(13)14/h1-4,8,11-12H,5H2,(H,13,14). The van der Waals surface area contributed by atoms with Gasteiger partial charge in [-0.3, -0.25) is 0 Å². The van der Waals surface area contributed by atoms with Gasteiger partial charge in [-0.05, 0) is 17.7 Å². The summed E-state index contributed by atoms with van der Waals surface area (Å²) < 4.78 is 12.5. The molecule has 1 unspecified atom stereocenters. The molecule has 0 bridgehead atoms. The highest BCUT2D eigenvalue weighted by Gasteiger charge is 2.12. The van der Waals surface area contributed by atoms with Crippen molar-refractivity contribution >= 4 is 6.09 Å². The molecule has 14 heavy (non-hydrogen) atoms. The van der Waals surface area contributed by atoms with Crippen molar-refractivity contribution in [1.82, 2.24) is 5.32 Å². The molecule has 0 spiro atoms. The largest absolute Gasteiger partial charge is 0.465 e. The summed E-state index contributed by atoms with van der Waals surface area (Å²) >= 11 is 0. The number of nitrogens with one attached hydrogen (secondary N) is 1. The van der Waals surface area contributed by atoms with Crippen LogP contribution in [0.15, 0.2) is 24.3 Å². The van der Waals surface area contributed by atoms with Crippen molar-refractivity contribution in [2.75, 3.05) is 6.61 Å². The first-order valence-corrected chi connectivity index (χ1v) is 3.99. The van der Waals surface area contributed by atoms with E-state index in [4.69, 9.17) is 10.2 Å². The third-order valence-corrected chi connectivity index (χ3v) is 1.75. The molecule has 0 heterocycles. The average molecular weight is 199 g/mol. The molecule has 3 N–H and O–H groups in total. The summed E-state index contributed by atoms with van der Waals surface area (Å²) in [5, 5.41) is 19.4. The SMILES string of the molecule is O=C(O)NC(CO)c1ccc(F)cc1. The Labute approximate surface area is 80.0 Å². The highest BCUT2D eigenvalue weighted by molar-refractivity contribution is 5.65. The quantitative estimate of drug-likeness (QED) is 0.683. The van der Waals surface area contributed by atoms with Crippen molar-refractivity contribution < 1.29 is 19.4 Å². The van der Waals surface area contributed by atoms with Gasteiger partial charge in [-0.15, -0.1) is 0 Å². The molecular formula is C9H10FNO3. The van der Waals surface area contributed by atoms with Crippen LogP contribution < -0.4 is 5.32 Å². The number of carbonyl (C=O) groups is 1. The van der Waals surface area contributed by atoms with E-state index in [1.165, 1.54) is 24.3 Å². The van der Waals surface area contributed by atoms with Crippen molar-refractivity contribution in [2.45, 2.75) is 6.04 Å². The molecule has 1 rings (SSSR count). The second-order valence-corrected chi connectivity index (χ2v) is 2.74. The van der Waals surface area contributed by atoms with Gasteiger partial charge in [0.15, 0.2) is 0 Å². The Morgan fingerprint density at radius 2 is 2.00 bits per heavy atom. The number of halogens is 1. The molecule has 0 radical (unpaired) electrons. The van der Waals surface area contributed by atoms with Gasteiger partial charge in [0.2, 0.25) is 0 Å². The highest BCUT2D eigenvalue weighted by atomic mass is 19.1. The van der Waals surface area contributed by atoms with Gasteiger partial charge in [0, 0.05) is 0 Å². The molecule has 0 saturated heterocycles. The molecule has 1 amide bonds. The van der Waals surface area contributed by atoms with E-state index in [2.05, 4.69) is 5.32 Å². The monoisotopic (exact) mass is 199 g/mol. The van der Waals surface area contributed by atoms with Gasteiger partial charge in [0.05, 0.1) is 12.6 Å². The van der Waals surface area contributed by atoms with Crippen LogP contribution in [0.4, 0.5) is 9.18 Å². The lowest BCUT2D eigenvalue weighted by Crippen LogP contribution is -2.29. The maximum Gasteiger partial charge on any atom is 0.405 e. The van der Waals surface area contributed by atoms with Gasteiger partial charge in [-0.1, -0.05) is 12.1 Å². The lowest BCUT2D eigenvalue weighted by atomic mass is 10.1. The zero-order chi connectivity index (χ0) is 10.6. The fourth-order valence-corrected chi connectivity index (χ4v) is 1.08. The van der Waals surface area contributed by atoms with E-state index in [1.54, 1.807) is 0 Å². The predicted octanol–water partition coefficient (Wildman–Crippen LogP) is 1.13. The van der Waals surface area contributed by atoms with Gasteiger partial charge in [-0.25, -0.2) is 9.18 Å². The molecule has 1 aromatic rings. The van der Waals surface area contributed by atoms with E-state index >= 15 is 0 Å². The normalized spacial score (nSPS) is 12.1. The number of benzene rings is 1. The zero-order valence-electron chi connectivity index (χ0n) is 7.27. The van der Waals surface area contributed by atoms with Crippen LogP contribution in [0, 0.1) is 5.82 Å². The van der Waals surface area contributed by atoms with Crippen LogP contribution in [0.5, 0.6) is 0 Å². The van der Waals surface area contributed by atoms with Gasteiger partial charge in [-0.2, -0.15) is 0 Å². The third kappa shape index (κ3) is 2.70. The van der Waals surface area contributed by atoms with E-state index in [1.807, 2.05) is 0 Å². The molecule has 0 fully saturated rings. The number of aliphatic hydroxyl groups is 1. The molecular weight excluding hydrogens is 189 g/mol. The van der Waals surface area contributed by atoms with E-state index in [9.17, 15) is 9.18 Å². The third-order valence-electron chi connectivity index (χ3n) is 1.75. The Morgan fingerprint density at radius 1 is 1.43 bits per heavy atom. The molecule has 76 valence electrons. The van der Waals surface area contributed by atoms with Crippen LogP contribution in [-0.2, 0) is 0 Å². The Kier molecular flexibility index (Phi) is 3.41. The molecule has 4 nitrogen and oxygen atoms in total. The summed E-state index contributed by atoms with van der Waals surface area (Å²) in [6.45, 7) is -0.363. The highest BCUT2D eigenvalue weighted by Crippen LogP contribution is 2.12. The Morgan fingerprint density at radius 3 is 2.43 bits per heavy atom. The van der Waals surface area contributed by atoms with Crippen molar-refractivity contribution in [3.05, 3.63) is 35.6 Å². The minimum atomic E-state index is -1.23. The average Bonchev–Trinajstić information content (AvgIpc) is 2.15. The van der Waals surface area contributed by atoms with E-state index in [0.717, 1.165) is 0 Å². The van der Waals surface area contributed by atoms with Crippen molar-refractivity contribution in [1.29, 1.82) is 0 Å². The fraction of sp³-hybridized carbons (Fsp3) is 0.222. The molecule has 0 aromatic heterocycles. The maximum absolute atomic E-state index is 12.5. The number of carboxylic acid groups (broad SMARTS) is 1. The fourth-order valence-electron chi connectivity index (χ4n) is 1.08. The first-order valence-electron chi connectivity index (χ1n) is 3.99. The Balaban J connectivity index is 2.78. The minimum absolute atomic E-state index is 0.363. The van der Waals surface area contributed by atoms with Gasteiger partial charge >= 0.3 is 6.09 Å². The van der Waals surface area contributed by atoms with Gasteiger partial charge < -0.3 is 15.5 Å². The van der Waals surface area contributed by atoms with Crippen molar-refractivity contribution in [2.24, 2.45) is 0 Å². The predicted molar refractivity (Wildman–Crippen MR) is 47.4 cm³/mol. The molecule has 0 saturated carbocycles. The zero-order valence-corrected chi connectivity index (χ0v) is 7.27. The summed E-state index contributed by atoms with van der Waals surface area (Å²) in [7, 11) is 0. The summed E-state index contributed by atoms with van der Waals surface area (Å²) in [6, 6.07) is 4.55. The number of hydrogen-bond acceptors (Lipinski definition) is 2. The molecule has 0 aliphatic rings. The van der Waals surface area contributed by atoms with Crippen LogP contribution in [-0.4, -0.2) is 22.9 Å². The molecule has 1 aromatic carbocycles. The number of hydrogen-bond donors (Lipinski definition) is 3. The molecule has 1 atom stereocenters. The summed E-state index contributed by atoms with van der Waals surface area (Å²) in [5.74, 6) is -0.402. The van der Waals surface area contributed by atoms with Crippen molar-refractivity contribution in [3.63, 3.8) is 0 Å². The Bertz CT molecular complexity index is 312. The summed E-state index contributed by atoms with van der Waals surface area (Å²) in [4.78, 5) is 10.3.